The largest absolute Gasteiger partial charge is 0.481 e. The van der Waals surface area contributed by atoms with E-state index in [9.17, 15) is 9.90 Å². The first-order valence-corrected chi connectivity index (χ1v) is 21.2. The monoisotopic (exact) mass is 749 g/mol. The van der Waals surface area contributed by atoms with Crippen molar-refractivity contribution in [1.82, 2.24) is 25.4 Å². The Bertz CT molecular complexity index is 1670. The average molecular weight is 749 g/mol. The smallest absolute Gasteiger partial charge is 0.307 e. The van der Waals surface area contributed by atoms with Gasteiger partial charge in [-0.15, -0.1) is 0 Å². The maximum atomic E-state index is 13.7. The van der Waals surface area contributed by atoms with Crippen LogP contribution < -0.4 is 10.6 Å². The molecule has 0 amide bonds. The Morgan fingerprint density at radius 2 is 1.85 bits per heavy atom. The number of carboxylic acid groups (broad SMARTS) is 1. The fraction of sp³-hybridized carbons (Fsp3) is 0.864. The van der Waals surface area contributed by atoms with Crippen LogP contribution in [0.4, 0.5) is 0 Å². The maximum Gasteiger partial charge on any atom is 0.307 e. The van der Waals surface area contributed by atoms with Gasteiger partial charge >= 0.3 is 5.97 Å². The third-order valence-corrected chi connectivity index (χ3v) is 17.8. The molecule has 0 aromatic carbocycles. The van der Waals surface area contributed by atoms with E-state index in [1.165, 1.54) is 5.57 Å². The van der Waals surface area contributed by atoms with Crippen LogP contribution in [-0.2, 0) is 14.3 Å². The first-order valence-electron chi connectivity index (χ1n) is 21.2. The number of carbonyl (C=O) groups is 1. The molecular formula is C44H72N6O4. The number of aliphatic carboxylic acids is 1. The van der Waals surface area contributed by atoms with Crippen LogP contribution in [-0.4, -0.2) is 83.3 Å². The van der Waals surface area contributed by atoms with Crippen LogP contribution in [0, 0.1) is 62.1 Å². The summed E-state index contributed by atoms with van der Waals surface area (Å²) in [6.45, 7) is 29.0. The van der Waals surface area contributed by atoms with E-state index in [0.717, 1.165) is 69.7 Å². The molecule has 0 unspecified atom stereocenters. The lowest BCUT2D eigenvalue weighted by Crippen LogP contribution is -2.70. The van der Waals surface area contributed by atoms with Gasteiger partial charge < -0.3 is 25.2 Å². The summed E-state index contributed by atoms with van der Waals surface area (Å²) in [5, 5.41) is 23.4. The Hall–Kier alpha value is -2.30. The molecule has 3 heterocycles. The Kier molecular flexibility index (Phi) is 9.90. The second-order valence-electron chi connectivity index (χ2n) is 21.3. The summed E-state index contributed by atoms with van der Waals surface area (Å²) >= 11 is 0. The molecule has 12 atom stereocenters. The molecule has 3 saturated carbocycles. The third-order valence-electron chi connectivity index (χ3n) is 17.8. The highest BCUT2D eigenvalue weighted by atomic mass is 16.5. The lowest BCUT2D eigenvalue weighted by atomic mass is 9.34. The predicted molar refractivity (Wildman–Crippen MR) is 213 cm³/mol. The van der Waals surface area contributed by atoms with Crippen LogP contribution >= 0.6 is 0 Å². The Balaban J connectivity index is 1.40. The molecule has 2 aliphatic heterocycles. The Morgan fingerprint density at radius 1 is 1.11 bits per heavy atom. The average Bonchev–Trinajstić information content (AvgIpc) is 3.60. The number of nitrogens with zero attached hydrogens (tertiary/aromatic N) is 4. The van der Waals surface area contributed by atoms with Gasteiger partial charge in [-0.3, -0.25) is 9.79 Å². The van der Waals surface area contributed by atoms with Crippen molar-refractivity contribution in [1.29, 1.82) is 0 Å². The zero-order valence-electron chi connectivity index (χ0n) is 35.6. The first kappa shape index (κ1) is 39.9. The molecule has 4 fully saturated rings. The predicted octanol–water partition coefficient (Wildman–Crippen LogP) is 7.56. The number of hydrogen-bond donors (Lipinski definition) is 3. The van der Waals surface area contributed by atoms with Gasteiger partial charge in [0.05, 0.1) is 37.9 Å². The number of rotatable bonds is 9. The van der Waals surface area contributed by atoms with E-state index in [2.05, 4.69) is 105 Å². The van der Waals surface area contributed by atoms with Crippen molar-refractivity contribution >= 4 is 11.8 Å². The van der Waals surface area contributed by atoms with E-state index in [-0.39, 0.29) is 45.3 Å². The molecule has 7 rings (SSSR count). The van der Waals surface area contributed by atoms with Gasteiger partial charge in [-0.05, 0) is 110 Å². The lowest BCUT2D eigenvalue weighted by Gasteiger charge is -2.71. The van der Waals surface area contributed by atoms with Crippen molar-refractivity contribution in [3.63, 3.8) is 0 Å². The number of hydrogen-bond acceptors (Lipinski definition) is 8. The highest BCUT2D eigenvalue weighted by molar-refractivity contribution is 5.95. The van der Waals surface area contributed by atoms with E-state index < -0.39 is 22.7 Å². The van der Waals surface area contributed by atoms with Crippen molar-refractivity contribution in [2.45, 2.75) is 139 Å². The minimum atomic E-state index is -0.624. The van der Waals surface area contributed by atoms with Crippen LogP contribution in [0.25, 0.3) is 0 Å². The fourth-order valence-electron chi connectivity index (χ4n) is 13.4. The summed E-state index contributed by atoms with van der Waals surface area (Å²) in [4.78, 5) is 23.4. The minimum Gasteiger partial charge on any atom is -0.481 e. The minimum absolute atomic E-state index is 0.0675. The third kappa shape index (κ3) is 5.55. The van der Waals surface area contributed by atoms with Crippen molar-refractivity contribution in [3.05, 3.63) is 23.8 Å². The maximum absolute atomic E-state index is 13.7. The SMILES string of the molecule is CN[C@@](C)(CO[C@H]1[C@H](n2ncnc2C2=NCCCN2)C[C@]2(C)COC[C@@]13C1=CC[C@@]4(C)[C@H](C(=O)O)[C@@](C)([C@H](C)C(C)C)CC[C@]4(C)[C@H]1CC[C@H]23)C(C)(C)C. The number of carboxylic acids is 1. The standard InChI is InChI=1S/C44H72N6O4/c1-27(2)28(3)40(8)18-19-41(9)29-14-15-32-39(7)22-31(50-36(48-26-49-50)35-46-20-13-21-47-35)34(54-24-43(11,45-12)38(4,5)6)44(32,25-53-23-39)30(29)16-17-42(41,10)33(40)37(51)52/h16,26-29,31-34,45H,13-15,17-25H2,1-12H3,(H,46,47)(H,51,52)/t28-,29+,31-,32-,33-,34+,39-,40-,41-,42+,43+,44+/m1/s1. The molecule has 0 spiro atoms. The van der Waals surface area contributed by atoms with E-state index in [0.29, 0.717) is 37.6 Å². The molecule has 10 nitrogen and oxygen atoms in total. The van der Waals surface area contributed by atoms with E-state index in [4.69, 9.17) is 24.5 Å². The van der Waals surface area contributed by atoms with Crippen molar-refractivity contribution in [3.8, 4) is 0 Å². The normalized spacial score (nSPS) is 42.4. The van der Waals surface area contributed by atoms with Gasteiger partial charge in [0.15, 0.2) is 11.7 Å². The van der Waals surface area contributed by atoms with Crippen LogP contribution in [0.1, 0.15) is 133 Å². The summed E-state index contributed by atoms with van der Waals surface area (Å²) in [6, 6.07) is -0.0887. The molecule has 3 N–H and O–H groups in total. The van der Waals surface area contributed by atoms with Gasteiger partial charge in [0.25, 0.3) is 0 Å². The summed E-state index contributed by atoms with van der Waals surface area (Å²) in [7, 11) is 2.05. The molecule has 0 radical (unpaired) electrons. The van der Waals surface area contributed by atoms with Gasteiger partial charge in [-0.25, -0.2) is 9.67 Å². The van der Waals surface area contributed by atoms with Crippen molar-refractivity contribution in [2.75, 3.05) is 40.0 Å². The molecule has 302 valence electrons. The van der Waals surface area contributed by atoms with Gasteiger partial charge in [0, 0.05) is 24.0 Å². The molecule has 2 bridgehead atoms. The molecule has 1 saturated heterocycles. The van der Waals surface area contributed by atoms with Crippen LogP contribution in [0.5, 0.6) is 0 Å². The molecule has 54 heavy (non-hydrogen) atoms. The van der Waals surface area contributed by atoms with Gasteiger partial charge in [-0.1, -0.05) is 80.9 Å². The number of nitrogens with one attached hydrogen (secondary N) is 2. The quantitative estimate of drug-likeness (QED) is 0.221. The van der Waals surface area contributed by atoms with Gasteiger partial charge in [0.2, 0.25) is 0 Å². The van der Waals surface area contributed by atoms with Gasteiger partial charge in [-0.2, -0.15) is 5.10 Å². The number of amidine groups is 1. The van der Waals surface area contributed by atoms with Crippen molar-refractivity contribution in [2.24, 2.45) is 67.1 Å². The summed E-state index contributed by atoms with van der Waals surface area (Å²) < 4.78 is 16.6. The Labute approximate surface area is 325 Å². The number of likely N-dealkylation sites (N-methyl/N-ethyl adjacent to an activating group) is 1. The molecular weight excluding hydrogens is 677 g/mol. The van der Waals surface area contributed by atoms with Crippen LogP contribution in [0.2, 0.25) is 0 Å². The fourth-order valence-corrected chi connectivity index (χ4v) is 13.4. The second-order valence-corrected chi connectivity index (χ2v) is 21.3. The summed E-state index contributed by atoms with van der Waals surface area (Å²) in [5.74, 6) is 1.87. The highest BCUT2D eigenvalue weighted by Gasteiger charge is 2.73. The topological polar surface area (TPSA) is 123 Å². The first-order chi connectivity index (χ1) is 25.2. The number of allylic oxidation sites excluding steroid dienone is 1. The van der Waals surface area contributed by atoms with E-state index in [1.807, 2.05) is 0 Å². The molecule has 10 heteroatoms. The van der Waals surface area contributed by atoms with Gasteiger partial charge in [0.1, 0.15) is 6.33 Å². The van der Waals surface area contributed by atoms with E-state index >= 15 is 0 Å². The Morgan fingerprint density at radius 3 is 2.48 bits per heavy atom. The molecule has 1 aromatic rings. The number of aromatic nitrogens is 3. The highest BCUT2D eigenvalue weighted by Crippen LogP contribution is 2.75. The zero-order chi connectivity index (χ0) is 39.3. The molecule has 4 aliphatic carbocycles. The molecule has 6 aliphatic rings. The lowest BCUT2D eigenvalue weighted by molar-refractivity contribution is -0.255. The molecule has 1 aromatic heterocycles. The summed E-state index contributed by atoms with van der Waals surface area (Å²) in [6.07, 6.45) is 10.7. The number of ether oxygens (including phenoxy) is 2. The second kappa shape index (κ2) is 13.4. The number of fused-ring (bicyclic) bond motifs is 3. The van der Waals surface area contributed by atoms with Crippen LogP contribution in [0.3, 0.4) is 0 Å². The van der Waals surface area contributed by atoms with Crippen molar-refractivity contribution < 1.29 is 19.4 Å². The zero-order valence-corrected chi connectivity index (χ0v) is 35.6. The van der Waals surface area contributed by atoms with E-state index in [1.54, 1.807) is 6.33 Å². The number of aliphatic imine (C=N–C) groups is 1. The summed E-state index contributed by atoms with van der Waals surface area (Å²) in [5.41, 5.74) is -0.252. The van der Waals surface area contributed by atoms with Crippen LogP contribution in [0.15, 0.2) is 23.0 Å².